The van der Waals surface area contributed by atoms with Gasteiger partial charge in [-0.3, -0.25) is 14.4 Å². The van der Waals surface area contributed by atoms with E-state index in [1.54, 1.807) is 19.9 Å². The lowest BCUT2D eigenvalue weighted by Crippen LogP contribution is -2.69. The van der Waals surface area contributed by atoms with E-state index in [-0.39, 0.29) is 42.0 Å². The Hall–Kier alpha value is -1.95. The molecule has 0 aromatic heterocycles. The molecule has 0 saturated heterocycles. The summed E-state index contributed by atoms with van der Waals surface area (Å²) in [5.74, 6) is 3.39. The summed E-state index contributed by atoms with van der Waals surface area (Å²) in [4.78, 5) is 38.6. The van der Waals surface area contributed by atoms with Gasteiger partial charge >= 0.3 is 5.97 Å². The van der Waals surface area contributed by atoms with Crippen molar-refractivity contribution in [3.05, 3.63) is 23.8 Å². The Morgan fingerprint density at radius 2 is 2.00 bits per heavy atom. The Balaban J connectivity index is 1.79. The molecular weight excluding hydrogens is 483 g/mol. The predicted octanol–water partition coefficient (Wildman–Crippen LogP) is 3.55. The van der Waals surface area contributed by atoms with Crippen LogP contribution in [0, 0.1) is 40.4 Å². The standard InChI is InChI=1S/C28H35FO6S/c1-5-23(33)35-28(24(34)36-13-7-6-12-30)17(2)14-21-20-9-8-18-15-19(31)10-11-25(18,3)27(20,29)22(32)16-26(21,28)4/h10-11,15,17,20-22,30,32H,5,8-9,12-14,16H2,1-4H3/t17-,20+,21+,22+,25+,26+,27+,28+/m1/s1. The van der Waals surface area contributed by atoms with E-state index in [2.05, 4.69) is 11.8 Å². The van der Waals surface area contributed by atoms with Gasteiger partial charge in [0, 0.05) is 29.1 Å². The Morgan fingerprint density at radius 1 is 1.28 bits per heavy atom. The zero-order chi connectivity index (χ0) is 26.5. The maximum atomic E-state index is 17.4. The Labute approximate surface area is 216 Å². The third kappa shape index (κ3) is 3.57. The van der Waals surface area contributed by atoms with Crippen LogP contribution in [0.2, 0.25) is 0 Å². The lowest BCUT2D eigenvalue weighted by molar-refractivity contribution is -0.225. The van der Waals surface area contributed by atoms with Gasteiger partial charge in [0.1, 0.15) is 6.61 Å². The van der Waals surface area contributed by atoms with Gasteiger partial charge in [0.2, 0.25) is 5.12 Å². The third-order valence-electron chi connectivity index (χ3n) is 9.53. The van der Waals surface area contributed by atoms with Crippen molar-refractivity contribution in [2.24, 2.45) is 28.6 Å². The maximum Gasteiger partial charge on any atom is 0.306 e. The molecule has 6 nitrogen and oxygen atoms in total. The number of aliphatic hydroxyl groups is 2. The number of carbonyl (C=O) groups excluding carboxylic acids is 3. The fraction of sp³-hybridized carbons (Fsp3) is 0.679. The molecule has 0 bridgehead atoms. The molecule has 3 saturated carbocycles. The highest BCUT2D eigenvalue weighted by molar-refractivity contribution is 8.14. The van der Waals surface area contributed by atoms with Crippen LogP contribution in [0.25, 0.3) is 0 Å². The first-order chi connectivity index (χ1) is 16.9. The summed E-state index contributed by atoms with van der Waals surface area (Å²) in [5, 5.41) is 20.1. The summed E-state index contributed by atoms with van der Waals surface area (Å²) >= 11 is 0.936. The summed E-state index contributed by atoms with van der Waals surface area (Å²) in [6.07, 6.45) is 4.53. The molecule has 4 aliphatic rings. The van der Waals surface area contributed by atoms with Crippen LogP contribution in [0.1, 0.15) is 59.8 Å². The zero-order valence-corrected chi connectivity index (χ0v) is 22.1. The number of halogens is 1. The molecule has 4 aliphatic carbocycles. The van der Waals surface area contributed by atoms with Crippen LogP contribution in [0.3, 0.4) is 0 Å². The lowest BCUT2D eigenvalue weighted by Gasteiger charge is -2.62. The van der Waals surface area contributed by atoms with E-state index in [9.17, 15) is 19.5 Å². The van der Waals surface area contributed by atoms with Crippen molar-refractivity contribution in [2.75, 3.05) is 12.4 Å². The second-order valence-corrected chi connectivity index (χ2v) is 12.0. The number of allylic oxidation sites excluding steroid dienone is 4. The number of thioether (sulfide) groups is 1. The highest BCUT2D eigenvalue weighted by atomic mass is 32.2. The molecule has 8 heteroatoms. The third-order valence-corrected chi connectivity index (χ3v) is 10.4. The fourth-order valence-corrected chi connectivity index (χ4v) is 8.79. The fourth-order valence-electron chi connectivity index (χ4n) is 7.79. The summed E-state index contributed by atoms with van der Waals surface area (Å²) in [5.41, 5.74) is -4.98. The van der Waals surface area contributed by atoms with Crippen LogP contribution in [0.4, 0.5) is 4.39 Å². The van der Waals surface area contributed by atoms with E-state index in [0.29, 0.717) is 24.8 Å². The van der Waals surface area contributed by atoms with Gasteiger partial charge in [-0.15, -0.1) is 0 Å². The number of alkyl halides is 1. The van der Waals surface area contributed by atoms with E-state index in [1.165, 1.54) is 12.2 Å². The molecule has 4 rings (SSSR count). The molecule has 0 aliphatic heterocycles. The second-order valence-electron chi connectivity index (χ2n) is 11.1. The van der Waals surface area contributed by atoms with Crippen molar-refractivity contribution in [3.63, 3.8) is 0 Å². The molecule has 196 valence electrons. The Bertz CT molecular complexity index is 1090. The number of hydrogen-bond acceptors (Lipinski definition) is 7. The highest BCUT2D eigenvalue weighted by Crippen LogP contribution is 2.71. The number of esters is 1. The molecule has 2 N–H and O–H groups in total. The van der Waals surface area contributed by atoms with Crippen LogP contribution in [-0.4, -0.2) is 56.8 Å². The molecule has 36 heavy (non-hydrogen) atoms. The zero-order valence-electron chi connectivity index (χ0n) is 21.3. The van der Waals surface area contributed by atoms with E-state index < -0.39 is 46.0 Å². The smallest absolute Gasteiger partial charge is 0.306 e. The molecule has 8 atom stereocenters. The van der Waals surface area contributed by atoms with Crippen LogP contribution in [-0.2, 0) is 19.1 Å². The summed E-state index contributed by atoms with van der Waals surface area (Å²) in [6, 6.07) is 0. The van der Waals surface area contributed by atoms with Crippen molar-refractivity contribution < 1.29 is 33.7 Å². The van der Waals surface area contributed by atoms with Gasteiger partial charge in [0.05, 0.1) is 11.9 Å². The minimum atomic E-state index is -2.02. The molecule has 0 heterocycles. The van der Waals surface area contributed by atoms with E-state index in [1.807, 2.05) is 13.8 Å². The van der Waals surface area contributed by atoms with Crippen LogP contribution < -0.4 is 0 Å². The molecule has 0 aromatic carbocycles. The monoisotopic (exact) mass is 518 g/mol. The Morgan fingerprint density at radius 3 is 2.67 bits per heavy atom. The highest BCUT2D eigenvalue weighted by Gasteiger charge is 2.77. The van der Waals surface area contributed by atoms with Crippen molar-refractivity contribution in [1.82, 2.24) is 0 Å². The average Bonchev–Trinajstić information content (AvgIpc) is 3.05. The van der Waals surface area contributed by atoms with E-state index in [4.69, 9.17) is 9.84 Å². The molecule has 0 aromatic rings. The quantitative estimate of drug-likeness (QED) is 0.434. The first-order valence-electron chi connectivity index (χ1n) is 12.7. The molecule has 0 unspecified atom stereocenters. The SMILES string of the molecule is CCC(=O)O[C@]1(C(=O)SCC#CCO)[C@H](C)C[C@H]2[C@@H]3CCC4=CC(=O)C=C[C@]4(C)[C@@]3(F)[C@@H](O)C[C@@]21C. The number of ether oxygens (including phenoxy) is 1. The van der Waals surface area contributed by atoms with Crippen LogP contribution in [0.15, 0.2) is 23.8 Å². The largest absolute Gasteiger partial charge is 0.449 e. The van der Waals surface area contributed by atoms with Crippen molar-refractivity contribution in [2.45, 2.75) is 77.2 Å². The van der Waals surface area contributed by atoms with Gasteiger partial charge in [-0.2, -0.15) is 0 Å². The van der Waals surface area contributed by atoms with E-state index >= 15 is 4.39 Å². The minimum absolute atomic E-state index is 0.0503. The van der Waals surface area contributed by atoms with Crippen LogP contribution in [0.5, 0.6) is 0 Å². The molecular formula is C28H35FO6S. The molecule has 0 amide bonds. The number of hydrogen-bond donors (Lipinski definition) is 2. The number of aliphatic hydroxyl groups excluding tert-OH is 2. The van der Waals surface area contributed by atoms with Gasteiger partial charge < -0.3 is 14.9 Å². The maximum absolute atomic E-state index is 17.4. The predicted molar refractivity (Wildman–Crippen MR) is 134 cm³/mol. The second kappa shape index (κ2) is 9.41. The normalized spacial score (nSPS) is 42.9. The summed E-state index contributed by atoms with van der Waals surface area (Å²) < 4.78 is 23.4. The molecule has 3 fully saturated rings. The Kier molecular flexibility index (Phi) is 7.09. The first kappa shape index (κ1) is 27.1. The molecule has 0 spiro atoms. The van der Waals surface area contributed by atoms with Crippen molar-refractivity contribution in [1.29, 1.82) is 0 Å². The number of rotatable bonds is 4. The number of ketones is 1. The van der Waals surface area contributed by atoms with Crippen LogP contribution >= 0.6 is 11.8 Å². The van der Waals surface area contributed by atoms with Crippen molar-refractivity contribution >= 4 is 28.6 Å². The first-order valence-corrected chi connectivity index (χ1v) is 13.7. The van der Waals surface area contributed by atoms with Gasteiger partial charge in [0.25, 0.3) is 0 Å². The minimum Gasteiger partial charge on any atom is -0.449 e. The number of carbonyl (C=O) groups is 3. The summed E-state index contributed by atoms with van der Waals surface area (Å²) in [6.45, 7) is 6.82. The van der Waals surface area contributed by atoms with Gasteiger partial charge in [-0.1, -0.05) is 56.0 Å². The van der Waals surface area contributed by atoms with E-state index in [0.717, 1.165) is 11.8 Å². The van der Waals surface area contributed by atoms with Gasteiger partial charge in [-0.05, 0) is 50.7 Å². The average molecular weight is 519 g/mol. The molecule has 0 radical (unpaired) electrons. The van der Waals surface area contributed by atoms with Gasteiger partial charge in [0.15, 0.2) is 17.1 Å². The number of fused-ring (bicyclic) bond motifs is 5. The topological polar surface area (TPSA) is 101 Å². The summed E-state index contributed by atoms with van der Waals surface area (Å²) in [7, 11) is 0. The van der Waals surface area contributed by atoms with Crippen molar-refractivity contribution in [3.8, 4) is 11.8 Å². The lowest BCUT2D eigenvalue weighted by atomic mass is 9.45. The van der Waals surface area contributed by atoms with Gasteiger partial charge in [-0.25, -0.2) is 4.39 Å².